The molecule has 3 aromatic rings. The summed E-state index contributed by atoms with van der Waals surface area (Å²) in [5, 5.41) is 0. The van der Waals surface area contributed by atoms with Crippen molar-refractivity contribution in [3.8, 4) is 16.9 Å². The summed E-state index contributed by atoms with van der Waals surface area (Å²) in [4.78, 5) is 12.5. The van der Waals surface area contributed by atoms with Crippen LogP contribution in [0.15, 0.2) is 48.5 Å². The van der Waals surface area contributed by atoms with E-state index in [1.165, 1.54) is 19.1 Å². The maximum atomic E-state index is 15.0. The molecule has 184 valence electrons. The average molecular weight is 485 g/mol. The van der Waals surface area contributed by atoms with E-state index in [4.69, 9.17) is 4.74 Å². The molecule has 0 aromatic heterocycles. The molecule has 35 heavy (non-hydrogen) atoms. The van der Waals surface area contributed by atoms with E-state index in [2.05, 4.69) is 6.92 Å². The lowest BCUT2D eigenvalue weighted by Gasteiger charge is -2.28. The predicted octanol–water partition coefficient (Wildman–Crippen LogP) is 8.05. The van der Waals surface area contributed by atoms with Gasteiger partial charge in [-0.1, -0.05) is 55.8 Å². The molecule has 4 rings (SSSR count). The summed E-state index contributed by atoms with van der Waals surface area (Å²) in [6.07, 6.45) is 3.65. The quantitative estimate of drug-likeness (QED) is 0.201. The monoisotopic (exact) mass is 484 g/mol. The van der Waals surface area contributed by atoms with E-state index >= 15 is 4.39 Å². The number of rotatable bonds is 6. The minimum absolute atomic E-state index is 0.122. The van der Waals surface area contributed by atoms with Crippen LogP contribution in [0.2, 0.25) is 0 Å². The van der Waals surface area contributed by atoms with Crippen molar-refractivity contribution in [2.75, 3.05) is 0 Å². The smallest absolute Gasteiger partial charge is 0.314 e. The highest BCUT2D eigenvalue weighted by molar-refractivity contribution is 5.75. The fraction of sp³-hybridized carbons (Fsp3) is 0.345. The summed E-state index contributed by atoms with van der Waals surface area (Å²) < 4.78 is 62.9. The lowest BCUT2D eigenvalue weighted by atomic mass is 9.78. The Labute approximate surface area is 202 Å². The molecule has 0 spiro atoms. The van der Waals surface area contributed by atoms with Crippen LogP contribution in [0.1, 0.15) is 61.6 Å². The Bertz CT molecular complexity index is 1210. The van der Waals surface area contributed by atoms with Gasteiger partial charge >= 0.3 is 5.97 Å². The number of esters is 1. The normalized spacial score (nSPS) is 17.9. The van der Waals surface area contributed by atoms with Crippen LogP contribution in [0, 0.1) is 36.1 Å². The second-order valence-electron chi connectivity index (χ2n) is 9.26. The average Bonchev–Trinajstić information content (AvgIpc) is 2.87. The van der Waals surface area contributed by atoms with E-state index < -0.39 is 40.9 Å². The van der Waals surface area contributed by atoms with Gasteiger partial charge in [-0.25, -0.2) is 13.2 Å². The molecule has 1 aliphatic rings. The van der Waals surface area contributed by atoms with Crippen LogP contribution in [-0.2, 0) is 11.2 Å². The molecule has 0 atom stereocenters. The molecule has 0 bridgehead atoms. The maximum Gasteiger partial charge on any atom is 0.314 e. The fourth-order valence-corrected chi connectivity index (χ4v) is 4.78. The van der Waals surface area contributed by atoms with Gasteiger partial charge in [0.1, 0.15) is 0 Å². The molecule has 2 nitrogen and oxygen atoms in total. The van der Waals surface area contributed by atoms with E-state index in [1.807, 2.05) is 24.3 Å². The minimum atomic E-state index is -1.19. The van der Waals surface area contributed by atoms with Gasteiger partial charge in [-0.05, 0) is 73.3 Å². The van der Waals surface area contributed by atoms with Gasteiger partial charge in [0.15, 0.2) is 23.2 Å². The Kier molecular flexibility index (Phi) is 7.58. The molecule has 1 saturated carbocycles. The molecule has 1 aliphatic carbocycles. The van der Waals surface area contributed by atoms with Gasteiger partial charge in [0.05, 0.1) is 5.92 Å². The first-order chi connectivity index (χ1) is 16.8. The van der Waals surface area contributed by atoms with Gasteiger partial charge in [0.2, 0.25) is 5.82 Å². The molecule has 0 amide bonds. The summed E-state index contributed by atoms with van der Waals surface area (Å²) in [7, 11) is 0. The Morgan fingerprint density at radius 2 is 1.51 bits per heavy atom. The molecule has 1 fully saturated rings. The van der Waals surface area contributed by atoms with Crippen molar-refractivity contribution in [1.82, 2.24) is 0 Å². The summed E-state index contributed by atoms with van der Waals surface area (Å²) >= 11 is 0. The van der Waals surface area contributed by atoms with Crippen molar-refractivity contribution in [2.45, 2.75) is 58.3 Å². The molecule has 0 N–H and O–H groups in total. The van der Waals surface area contributed by atoms with Crippen molar-refractivity contribution in [3.05, 3.63) is 88.5 Å². The van der Waals surface area contributed by atoms with E-state index in [1.54, 1.807) is 12.1 Å². The summed E-state index contributed by atoms with van der Waals surface area (Å²) in [6, 6.07) is 13.3. The third-order valence-corrected chi connectivity index (χ3v) is 6.87. The molecule has 0 radical (unpaired) electrons. The van der Waals surface area contributed by atoms with E-state index in [9.17, 15) is 18.0 Å². The molecule has 0 unspecified atom stereocenters. The Hall–Kier alpha value is -3.15. The van der Waals surface area contributed by atoms with Crippen LogP contribution in [0.3, 0.4) is 0 Å². The maximum absolute atomic E-state index is 15.0. The van der Waals surface area contributed by atoms with Crippen molar-refractivity contribution >= 4 is 5.97 Å². The highest BCUT2D eigenvalue weighted by Gasteiger charge is 2.31. The van der Waals surface area contributed by atoms with Crippen LogP contribution in [0.4, 0.5) is 17.6 Å². The number of benzene rings is 3. The zero-order chi connectivity index (χ0) is 25.1. The first kappa shape index (κ1) is 25.0. The Morgan fingerprint density at radius 1 is 0.829 bits per heavy atom. The zero-order valence-electron chi connectivity index (χ0n) is 19.8. The number of aryl methyl sites for hydroxylation is 2. The summed E-state index contributed by atoms with van der Waals surface area (Å²) in [6.45, 7) is 3.51. The largest absolute Gasteiger partial charge is 0.423 e. The van der Waals surface area contributed by atoms with Gasteiger partial charge in [-0.2, -0.15) is 4.39 Å². The number of ether oxygens (including phenoxy) is 1. The third kappa shape index (κ3) is 5.26. The second-order valence-corrected chi connectivity index (χ2v) is 9.26. The highest BCUT2D eigenvalue weighted by atomic mass is 19.2. The van der Waals surface area contributed by atoms with E-state index in [0.717, 1.165) is 18.4 Å². The number of carbonyl (C=O) groups is 1. The molecule has 3 aromatic carbocycles. The van der Waals surface area contributed by atoms with Crippen molar-refractivity contribution in [3.63, 3.8) is 0 Å². The van der Waals surface area contributed by atoms with Crippen LogP contribution in [0.25, 0.3) is 11.1 Å². The predicted molar refractivity (Wildman–Crippen MR) is 127 cm³/mol. The molecule has 0 aliphatic heterocycles. The van der Waals surface area contributed by atoms with Crippen molar-refractivity contribution < 1.29 is 27.1 Å². The lowest BCUT2D eigenvalue weighted by Crippen LogP contribution is -2.26. The minimum Gasteiger partial charge on any atom is -0.423 e. The van der Waals surface area contributed by atoms with Crippen LogP contribution < -0.4 is 4.74 Å². The van der Waals surface area contributed by atoms with E-state index in [-0.39, 0.29) is 17.0 Å². The molecule has 0 heterocycles. The highest BCUT2D eigenvalue weighted by Crippen LogP contribution is 2.39. The van der Waals surface area contributed by atoms with Crippen molar-refractivity contribution in [2.24, 2.45) is 5.92 Å². The molecule has 0 saturated heterocycles. The standard InChI is InChI=1S/C29H28F4O2/c1-3-4-18-6-8-19(9-7-18)22-14-15-23(27(32)26(22)31)20-10-12-21(13-11-20)29(34)35-24-16-5-17(2)25(30)28(24)33/h5-9,14-16,20-21H,3-4,10-13H2,1-2H3. The summed E-state index contributed by atoms with van der Waals surface area (Å²) in [5.74, 6) is -5.79. The number of halogens is 4. The van der Waals surface area contributed by atoms with Crippen LogP contribution in [-0.4, -0.2) is 5.97 Å². The Morgan fingerprint density at radius 3 is 2.17 bits per heavy atom. The second kappa shape index (κ2) is 10.6. The molecular formula is C29H28F4O2. The zero-order valence-corrected chi connectivity index (χ0v) is 19.8. The van der Waals surface area contributed by atoms with Crippen LogP contribution >= 0.6 is 0 Å². The van der Waals surface area contributed by atoms with Crippen LogP contribution in [0.5, 0.6) is 5.75 Å². The fourth-order valence-electron chi connectivity index (χ4n) is 4.78. The van der Waals surface area contributed by atoms with E-state index in [0.29, 0.717) is 36.8 Å². The number of hydrogen-bond acceptors (Lipinski definition) is 2. The van der Waals surface area contributed by atoms with Gasteiger partial charge in [-0.15, -0.1) is 0 Å². The first-order valence-corrected chi connectivity index (χ1v) is 12.0. The van der Waals surface area contributed by atoms with Gasteiger partial charge < -0.3 is 4.74 Å². The van der Waals surface area contributed by atoms with Gasteiger partial charge in [-0.3, -0.25) is 4.79 Å². The molecule has 6 heteroatoms. The summed E-state index contributed by atoms with van der Waals surface area (Å²) in [5.41, 5.74) is 2.42. The Balaban J connectivity index is 1.42. The number of carbonyl (C=O) groups excluding carboxylic acids is 1. The third-order valence-electron chi connectivity index (χ3n) is 6.87. The van der Waals surface area contributed by atoms with Gasteiger partial charge in [0.25, 0.3) is 0 Å². The molecular weight excluding hydrogens is 456 g/mol. The SMILES string of the molecule is CCCc1ccc(-c2ccc(C3CCC(C(=O)Oc4ccc(C)c(F)c4F)CC3)c(F)c2F)cc1. The van der Waals surface area contributed by atoms with Crippen molar-refractivity contribution in [1.29, 1.82) is 0 Å². The lowest BCUT2D eigenvalue weighted by molar-refractivity contribution is -0.140. The van der Waals surface area contributed by atoms with Gasteiger partial charge in [0, 0.05) is 5.56 Å². The number of hydrogen-bond donors (Lipinski definition) is 0. The topological polar surface area (TPSA) is 26.3 Å². The first-order valence-electron chi connectivity index (χ1n) is 12.0.